The molecule has 0 bridgehead atoms. The van der Waals surface area contributed by atoms with Gasteiger partial charge in [-0.1, -0.05) is 18.2 Å². The van der Waals surface area contributed by atoms with Crippen molar-refractivity contribution in [3.63, 3.8) is 0 Å². The number of benzene rings is 2. The van der Waals surface area contributed by atoms with Crippen molar-refractivity contribution in [3.8, 4) is 11.5 Å². The van der Waals surface area contributed by atoms with E-state index in [2.05, 4.69) is 5.32 Å². The van der Waals surface area contributed by atoms with Gasteiger partial charge < -0.3 is 24.4 Å². The molecule has 3 atom stereocenters. The van der Waals surface area contributed by atoms with Crippen LogP contribution in [0.1, 0.15) is 29.9 Å². The maximum atomic E-state index is 13.5. The van der Waals surface area contributed by atoms with Gasteiger partial charge in [0.1, 0.15) is 17.3 Å². The maximum Gasteiger partial charge on any atom is 0.226 e. The van der Waals surface area contributed by atoms with E-state index < -0.39 is 0 Å². The number of carbonyl (C=O) groups excluding carboxylic acids is 1. The van der Waals surface area contributed by atoms with Gasteiger partial charge in [0, 0.05) is 43.2 Å². The molecule has 1 N–H and O–H groups in total. The minimum Gasteiger partial charge on any atom is -0.497 e. The zero-order chi connectivity index (χ0) is 22.5. The van der Waals surface area contributed by atoms with Crippen molar-refractivity contribution in [2.75, 3.05) is 40.5 Å². The molecule has 1 aliphatic heterocycles. The fourth-order valence-electron chi connectivity index (χ4n) is 4.83. The van der Waals surface area contributed by atoms with E-state index in [0.717, 1.165) is 35.5 Å². The number of rotatable bonds is 7. The Morgan fingerprint density at radius 3 is 2.53 bits per heavy atom. The van der Waals surface area contributed by atoms with Crippen molar-refractivity contribution in [2.24, 2.45) is 5.92 Å². The van der Waals surface area contributed by atoms with Gasteiger partial charge in [0.25, 0.3) is 0 Å². The van der Waals surface area contributed by atoms with E-state index in [1.54, 1.807) is 14.2 Å². The Bertz CT molecular complexity index is 915. The summed E-state index contributed by atoms with van der Waals surface area (Å²) in [5, 5.41) is 3.62. The van der Waals surface area contributed by atoms with Crippen LogP contribution in [0.25, 0.3) is 0 Å². The van der Waals surface area contributed by atoms with Gasteiger partial charge in [-0.25, -0.2) is 4.39 Å². The van der Waals surface area contributed by atoms with E-state index >= 15 is 0 Å². The highest BCUT2D eigenvalue weighted by atomic mass is 19.1. The Labute approximate surface area is 188 Å². The van der Waals surface area contributed by atoms with Gasteiger partial charge in [-0.2, -0.15) is 0 Å². The van der Waals surface area contributed by atoms with Crippen LogP contribution >= 0.6 is 0 Å². The third kappa shape index (κ3) is 5.05. The zero-order valence-corrected chi connectivity index (χ0v) is 18.7. The molecule has 32 heavy (non-hydrogen) atoms. The number of ether oxygens (including phenoxy) is 3. The van der Waals surface area contributed by atoms with Crippen molar-refractivity contribution in [1.29, 1.82) is 0 Å². The highest BCUT2D eigenvalue weighted by Gasteiger charge is 2.41. The lowest BCUT2D eigenvalue weighted by Crippen LogP contribution is -2.44. The lowest BCUT2D eigenvalue weighted by atomic mass is 9.88. The number of hydrogen-bond donors (Lipinski definition) is 1. The van der Waals surface area contributed by atoms with Crippen LogP contribution in [0.5, 0.6) is 11.5 Å². The van der Waals surface area contributed by atoms with Gasteiger partial charge in [0.05, 0.1) is 27.4 Å². The predicted molar refractivity (Wildman–Crippen MR) is 119 cm³/mol. The van der Waals surface area contributed by atoms with Crippen LogP contribution in [-0.4, -0.2) is 57.4 Å². The minimum absolute atomic E-state index is 0.0567. The molecular formula is C25H31FN2O4. The van der Waals surface area contributed by atoms with Crippen LogP contribution in [0.2, 0.25) is 0 Å². The van der Waals surface area contributed by atoms with E-state index in [1.807, 2.05) is 35.2 Å². The predicted octanol–water partition coefficient (Wildman–Crippen LogP) is 3.35. The number of amides is 1. The van der Waals surface area contributed by atoms with Crippen molar-refractivity contribution >= 4 is 5.91 Å². The maximum absolute atomic E-state index is 13.5. The number of nitrogens with zero attached hydrogens (tertiary/aromatic N) is 1. The summed E-state index contributed by atoms with van der Waals surface area (Å²) in [7, 11) is 3.28. The smallest absolute Gasteiger partial charge is 0.226 e. The second kappa shape index (κ2) is 10.3. The molecule has 7 heteroatoms. The number of nitrogens with one attached hydrogen (secondary N) is 1. The van der Waals surface area contributed by atoms with Gasteiger partial charge in [-0.3, -0.25) is 4.79 Å². The molecule has 1 aliphatic carbocycles. The van der Waals surface area contributed by atoms with Crippen molar-refractivity contribution in [3.05, 3.63) is 59.4 Å². The topological polar surface area (TPSA) is 60.0 Å². The summed E-state index contributed by atoms with van der Waals surface area (Å²) in [4.78, 5) is 15.3. The van der Waals surface area contributed by atoms with Gasteiger partial charge >= 0.3 is 0 Å². The molecule has 0 aromatic heterocycles. The Hall–Kier alpha value is -2.64. The normalized spacial score (nSPS) is 23.2. The summed E-state index contributed by atoms with van der Waals surface area (Å²) in [5.74, 6) is 1.36. The number of halogens is 1. The molecule has 2 aromatic carbocycles. The molecule has 6 nitrogen and oxygen atoms in total. The fourth-order valence-corrected chi connectivity index (χ4v) is 4.83. The second-order valence-electron chi connectivity index (χ2n) is 8.43. The SMILES string of the molecule is COc1ccc(CN[C@@H]2C[C@H](C(=O)N3CCOCC3)[C@@H](c3ccc(F)cc3)C2)c(OC)c1. The third-order valence-electron chi connectivity index (χ3n) is 6.58. The minimum atomic E-state index is -0.260. The second-order valence-corrected chi connectivity index (χ2v) is 8.43. The summed E-state index contributed by atoms with van der Waals surface area (Å²) in [5.41, 5.74) is 2.05. The molecule has 0 spiro atoms. The van der Waals surface area contributed by atoms with Gasteiger partial charge in [0.2, 0.25) is 5.91 Å². The number of hydrogen-bond acceptors (Lipinski definition) is 5. The molecule has 2 fully saturated rings. The summed E-state index contributed by atoms with van der Waals surface area (Å²) in [6.07, 6.45) is 1.57. The third-order valence-corrected chi connectivity index (χ3v) is 6.58. The molecule has 1 saturated heterocycles. The Morgan fingerprint density at radius 1 is 1.09 bits per heavy atom. The van der Waals surface area contributed by atoms with Crippen LogP contribution < -0.4 is 14.8 Å². The Morgan fingerprint density at radius 2 is 1.84 bits per heavy atom. The molecule has 172 valence electrons. The van der Waals surface area contributed by atoms with Crippen LogP contribution in [0.3, 0.4) is 0 Å². The van der Waals surface area contributed by atoms with Gasteiger partial charge in [0.15, 0.2) is 0 Å². The molecule has 0 unspecified atom stereocenters. The molecule has 0 radical (unpaired) electrons. The van der Waals surface area contributed by atoms with Crippen molar-refractivity contribution in [2.45, 2.75) is 31.3 Å². The zero-order valence-electron chi connectivity index (χ0n) is 18.7. The molecule has 1 saturated carbocycles. The molecule has 4 rings (SSSR count). The summed E-state index contributed by atoms with van der Waals surface area (Å²) >= 11 is 0. The average molecular weight is 443 g/mol. The molecular weight excluding hydrogens is 411 g/mol. The monoisotopic (exact) mass is 442 g/mol. The Balaban J connectivity index is 1.49. The standard InChI is InChI=1S/C25H31FN2O4/c1-30-21-8-5-18(24(15-21)31-2)16-27-20-13-22(17-3-6-19(26)7-4-17)23(14-20)25(29)28-9-11-32-12-10-28/h3-8,15,20,22-23,27H,9-14,16H2,1-2H3/t20-,22+,23-/m0/s1. The first kappa shape index (κ1) is 22.6. The first-order valence-electron chi connectivity index (χ1n) is 11.2. The number of methoxy groups -OCH3 is 2. The average Bonchev–Trinajstić information content (AvgIpc) is 3.27. The molecule has 2 aliphatic rings. The molecule has 1 heterocycles. The van der Waals surface area contributed by atoms with E-state index in [0.29, 0.717) is 32.8 Å². The molecule has 1 amide bonds. The number of carbonyl (C=O) groups is 1. The summed E-state index contributed by atoms with van der Waals surface area (Å²) in [6.45, 7) is 3.06. The van der Waals surface area contributed by atoms with Crippen LogP contribution in [0, 0.1) is 11.7 Å². The van der Waals surface area contributed by atoms with Crippen molar-refractivity contribution in [1.82, 2.24) is 10.2 Å². The quantitative estimate of drug-likeness (QED) is 0.713. The van der Waals surface area contributed by atoms with Crippen LogP contribution in [-0.2, 0) is 16.1 Å². The van der Waals surface area contributed by atoms with E-state index in [4.69, 9.17) is 14.2 Å². The summed E-state index contributed by atoms with van der Waals surface area (Å²) < 4.78 is 29.7. The molecule has 2 aromatic rings. The first-order valence-corrected chi connectivity index (χ1v) is 11.2. The highest BCUT2D eigenvalue weighted by Crippen LogP contribution is 2.41. The summed E-state index contributed by atoms with van der Waals surface area (Å²) in [6, 6.07) is 12.5. The van der Waals surface area contributed by atoms with Gasteiger partial charge in [-0.05, 0) is 42.5 Å². The number of morpholine rings is 1. The van der Waals surface area contributed by atoms with Gasteiger partial charge in [-0.15, -0.1) is 0 Å². The van der Waals surface area contributed by atoms with Crippen molar-refractivity contribution < 1.29 is 23.4 Å². The first-order chi connectivity index (χ1) is 15.6. The largest absolute Gasteiger partial charge is 0.497 e. The Kier molecular flexibility index (Phi) is 7.27. The fraction of sp³-hybridized carbons (Fsp3) is 0.480. The van der Waals surface area contributed by atoms with Crippen LogP contribution in [0.4, 0.5) is 4.39 Å². The van der Waals surface area contributed by atoms with Crippen LogP contribution in [0.15, 0.2) is 42.5 Å². The lowest BCUT2D eigenvalue weighted by Gasteiger charge is -2.31. The van der Waals surface area contributed by atoms with E-state index in [9.17, 15) is 9.18 Å². The van der Waals surface area contributed by atoms with E-state index in [-0.39, 0.29) is 29.6 Å². The van der Waals surface area contributed by atoms with E-state index in [1.165, 1.54) is 12.1 Å². The highest BCUT2D eigenvalue weighted by molar-refractivity contribution is 5.80. The lowest BCUT2D eigenvalue weighted by molar-refractivity contribution is -0.140.